The first-order valence-electron chi connectivity index (χ1n) is 7.52. The molecule has 4 nitrogen and oxygen atoms in total. The molecule has 1 aromatic carbocycles. The van der Waals surface area contributed by atoms with Crippen molar-refractivity contribution in [3.63, 3.8) is 0 Å². The predicted molar refractivity (Wildman–Crippen MR) is 85.8 cm³/mol. The van der Waals surface area contributed by atoms with E-state index in [0.29, 0.717) is 0 Å². The highest BCUT2D eigenvalue weighted by molar-refractivity contribution is 5.77. The Hall–Kier alpha value is -2.62. The van der Waals surface area contributed by atoms with Crippen LogP contribution in [0.15, 0.2) is 48.7 Å². The van der Waals surface area contributed by atoms with Crippen LogP contribution in [0, 0.1) is 0 Å². The average Bonchev–Trinajstić information content (AvgIpc) is 3.16. The van der Waals surface area contributed by atoms with Gasteiger partial charge < -0.3 is 9.30 Å². The Kier molecular flexibility index (Phi) is 3.15. The third-order valence-electron chi connectivity index (χ3n) is 4.10. The van der Waals surface area contributed by atoms with E-state index in [1.807, 2.05) is 30.5 Å². The van der Waals surface area contributed by atoms with Crippen LogP contribution in [-0.2, 0) is 13.0 Å². The summed E-state index contributed by atoms with van der Waals surface area (Å²) in [5.74, 6) is 2.02. The lowest BCUT2D eigenvalue weighted by atomic mass is 10.1. The summed E-state index contributed by atoms with van der Waals surface area (Å²) in [7, 11) is 1.68. The lowest BCUT2D eigenvalue weighted by Gasteiger charge is -2.08. The van der Waals surface area contributed by atoms with Crippen LogP contribution in [0.2, 0.25) is 0 Å². The molecule has 1 aliphatic heterocycles. The monoisotopic (exact) mass is 291 g/mol. The summed E-state index contributed by atoms with van der Waals surface area (Å²) in [5, 5.41) is 0. The number of rotatable bonds is 3. The van der Waals surface area contributed by atoms with Gasteiger partial charge in [0.25, 0.3) is 0 Å². The zero-order valence-electron chi connectivity index (χ0n) is 12.5. The minimum absolute atomic E-state index is 0.856. The summed E-state index contributed by atoms with van der Waals surface area (Å²) in [6.45, 7) is 1.02. The number of ether oxygens (including phenoxy) is 1. The van der Waals surface area contributed by atoms with Gasteiger partial charge in [0.05, 0.1) is 24.2 Å². The summed E-state index contributed by atoms with van der Waals surface area (Å²) in [4.78, 5) is 9.41. The van der Waals surface area contributed by atoms with Crippen molar-refractivity contribution < 1.29 is 4.74 Å². The SMILES string of the molecule is COc1ccc(-c2nc3n(c2-c2ccccn2)CCC3)cc1. The van der Waals surface area contributed by atoms with Gasteiger partial charge in [-0.25, -0.2) is 4.98 Å². The fourth-order valence-corrected chi connectivity index (χ4v) is 3.04. The summed E-state index contributed by atoms with van der Waals surface area (Å²) in [6.07, 6.45) is 4.03. The molecule has 22 heavy (non-hydrogen) atoms. The number of benzene rings is 1. The fourth-order valence-electron chi connectivity index (χ4n) is 3.04. The van der Waals surface area contributed by atoms with E-state index in [1.165, 1.54) is 0 Å². The third kappa shape index (κ3) is 2.08. The summed E-state index contributed by atoms with van der Waals surface area (Å²) >= 11 is 0. The van der Waals surface area contributed by atoms with Crippen molar-refractivity contribution in [3.8, 4) is 28.4 Å². The van der Waals surface area contributed by atoms with Crippen LogP contribution in [0.5, 0.6) is 5.75 Å². The number of nitrogens with zero attached hydrogens (tertiary/aromatic N) is 3. The second-order valence-electron chi connectivity index (χ2n) is 5.42. The van der Waals surface area contributed by atoms with E-state index in [9.17, 15) is 0 Å². The minimum Gasteiger partial charge on any atom is -0.497 e. The van der Waals surface area contributed by atoms with Gasteiger partial charge in [-0.3, -0.25) is 4.98 Å². The van der Waals surface area contributed by atoms with Crippen LogP contribution in [-0.4, -0.2) is 21.6 Å². The van der Waals surface area contributed by atoms with E-state index in [4.69, 9.17) is 9.72 Å². The van der Waals surface area contributed by atoms with E-state index in [0.717, 1.165) is 53.6 Å². The molecule has 2 aromatic heterocycles. The van der Waals surface area contributed by atoms with E-state index in [-0.39, 0.29) is 0 Å². The first kappa shape index (κ1) is 13.1. The van der Waals surface area contributed by atoms with Crippen molar-refractivity contribution in [1.29, 1.82) is 0 Å². The Labute approximate surface area is 129 Å². The Balaban J connectivity index is 1.89. The largest absolute Gasteiger partial charge is 0.497 e. The molecule has 0 saturated carbocycles. The van der Waals surface area contributed by atoms with Gasteiger partial charge in [0, 0.05) is 24.7 Å². The maximum Gasteiger partial charge on any atom is 0.118 e. The zero-order chi connectivity index (χ0) is 14.9. The van der Waals surface area contributed by atoms with Gasteiger partial charge in [0.15, 0.2) is 0 Å². The molecule has 110 valence electrons. The molecule has 4 heteroatoms. The molecular weight excluding hydrogens is 274 g/mol. The number of hydrogen-bond donors (Lipinski definition) is 0. The standard InChI is InChI=1S/C18H17N3O/c1-22-14-9-7-13(8-10-14)17-18(15-5-2-3-11-19-15)21-12-4-6-16(21)20-17/h2-3,5,7-11H,4,6,12H2,1H3. The number of aryl methyl sites for hydroxylation is 1. The molecule has 0 spiro atoms. The fraction of sp³-hybridized carbons (Fsp3) is 0.222. The van der Waals surface area contributed by atoms with E-state index >= 15 is 0 Å². The molecule has 3 aromatic rings. The maximum absolute atomic E-state index is 5.24. The number of methoxy groups -OCH3 is 1. The van der Waals surface area contributed by atoms with Crippen LogP contribution in [0.3, 0.4) is 0 Å². The van der Waals surface area contributed by atoms with Crippen molar-refractivity contribution >= 4 is 0 Å². The van der Waals surface area contributed by atoms with Crippen LogP contribution < -0.4 is 4.74 Å². The summed E-state index contributed by atoms with van der Waals surface area (Å²) < 4.78 is 7.55. The molecule has 0 radical (unpaired) electrons. The number of hydrogen-bond acceptors (Lipinski definition) is 3. The first-order valence-corrected chi connectivity index (χ1v) is 7.52. The first-order chi connectivity index (χ1) is 10.9. The molecule has 0 atom stereocenters. The lowest BCUT2D eigenvalue weighted by Crippen LogP contribution is -1.97. The number of pyridine rings is 1. The molecular formula is C18H17N3O. The van der Waals surface area contributed by atoms with Gasteiger partial charge in [-0.2, -0.15) is 0 Å². The second-order valence-corrected chi connectivity index (χ2v) is 5.42. The lowest BCUT2D eigenvalue weighted by molar-refractivity contribution is 0.415. The normalized spacial score (nSPS) is 13.1. The predicted octanol–water partition coefficient (Wildman–Crippen LogP) is 3.57. The van der Waals surface area contributed by atoms with Crippen molar-refractivity contribution in [3.05, 3.63) is 54.5 Å². The maximum atomic E-state index is 5.24. The number of imidazole rings is 1. The third-order valence-corrected chi connectivity index (χ3v) is 4.10. The molecule has 0 amide bonds. The van der Waals surface area contributed by atoms with Crippen molar-refractivity contribution in [2.75, 3.05) is 7.11 Å². The van der Waals surface area contributed by atoms with Crippen LogP contribution >= 0.6 is 0 Å². The van der Waals surface area contributed by atoms with Gasteiger partial charge in [0.1, 0.15) is 11.6 Å². The smallest absolute Gasteiger partial charge is 0.118 e. The van der Waals surface area contributed by atoms with Gasteiger partial charge in [-0.1, -0.05) is 6.07 Å². The van der Waals surface area contributed by atoms with E-state index < -0.39 is 0 Å². The molecule has 1 aliphatic rings. The molecule has 0 unspecified atom stereocenters. The quantitative estimate of drug-likeness (QED) is 0.740. The molecule has 0 bridgehead atoms. The highest BCUT2D eigenvalue weighted by Gasteiger charge is 2.23. The number of aromatic nitrogens is 3. The van der Waals surface area contributed by atoms with E-state index in [1.54, 1.807) is 7.11 Å². The molecule has 3 heterocycles. The molecule has 0 N–H and O–H groups in total. The van der Waals surface area contributed by atoms with E-state index in [2.05, 4.69) is 27.8 Å². The van der Waals surface area contributed by atoms with Gasteiger partial charge in [-0.05, 0) is 42.8 Å². The Morgan fingerprint density at radius 3 is 2.68 bits per heavy atom. The molecule has 0 aliphatic carbocycles. The average molecular weight is 291 g/mol. The molecule has 4 rings (SSSR count). The van der Waals surface area contributed by atoms with Gasteiger partial charge in [-0.15, -0.1) is 0 Å². The molecule has 0 fully saturated rings. The van der Waals surface area contributed by atoms with Crippen molar-refractivity contribution in [1.82, 2.24) is 14.5 Å². The number of fused-ring (bicyclic) bond motifs is 1. The van der Waals surface area contributed by atoms with Gasteiger partial charge in [0.2, 0.25) is 0 Å². The van der Waals surface area contributed by atoms with Gasteiger partial charge >= 0.3 is 0 Å². The molecule has 0 saturated heterocycles. The summed E-state index contributed by atoms with van der Waals surface area (Å²) in [5.41, 5.74) is 4.21. The van der Waals surface area contributed by atoms with Crippen molar-refractivity contribution in [2.45, 2.75) is 19.4 Å². The highest BCUT2D eigenvalue weighted by atomic mass is 16.5. The van der Waals surface area contributed by atoms with Crippen molar-refractivity contribution in [2.24, 2.45) is 0 Å². The zero-order valence-corrected chi connectivity index (χ0v) is 12.5. The second kappa shape index (κ2) is 5.30. The van der Waals surface area contributed by atoms with Crippen LogP contribution in [0.1, 0.15) is 12.2 Å². The van der Waals surface area contributed by atoms with Crippen LogP contribution in [0.25, 0.3) is 22.6 Å². The topological polar surface area (TPSA) is 39.9 Å². The highest BCUT2D eigenvalue weighted by Crippen LogP contribution is 2.35. The Morgan fingerprint density at radius 2 is 1.95 bits per heavy atom. The van der Waals surface area contributed by atoms with Crippen LogP contribution in [0.4, 0.5) is 0 Å². The minimum atomic E-state index is 0.856. The Bertz CT molecular complexity index is 791. The summed E-state index contributed by atoms with van der Waals surface area (Å²) in [6, 6.07) is 14.1. The Morgan fingerprint density at radius 1 is 1.09 bits per heavy atom.